The van der Waals surface area contributed by atoms with Crippen LogP contribution >= 0.6 is 0 Å². The molecule has 0 aromatic rings. The summed E-state index contributed by atoms with van der Waals surface area (Å²) in [7, 11) is 0. The highest BCUT2D eigenvalue weighted by atomic mass is 16.6. The number of hydrogen-bond donors (Lipinski definition) is 0. The van der Waals surface area contributed by atoms with E-state index in [4.69, 9.17) is 14.2 Å². The molecule has 0 saturated heterocycles. The molecule has 6 heteroatoms. The Morgan fingerprint density at radius 2 is 0.655 bits per heavy atom. The van der Waals surface area contributed by atoms with Crippen molar-refractivity contribution in [2.45, 2.75) is 258 Å². The molecule has 0 fully saturated rings. The average Bonchev–Trinajstić information content (AvgIpc) is 3.18. The van der Waals surface area contributed by atoms with Crippen LogP contribution in [0.1, 0.15) is 252 Å². The summed E-state index contributed by atoms with van der Waals surface area (Å²) in [6.07, 6.45) is 48.9. The quantitative estimate of drug-likeness (QED) is 0.0266. The molecule has 0 aliphatic rings. The van der Waals surface area contributed by atoms with Gasteiger partial charge in [0.1, 0.15) is 13.2 Å². The fourth-order valence-corrected chi connectivity index (χ4v) is 6.82. The molecule has 6 nitrogen and oxygen atoms in total. The van der Waals surface area contributed by atoms with Crippen LogP contribution in [0.3, 0.4) is 0 Å². The molecule has 0 rings (SSSR count). The van der Waals surface area contributed by atoms with Crippen molar-refractivity contribution in [3.63, 3.8) is 0 Å². The van der Waals surface area contributed by atoms with Crippen molar-refractivity contribution >= 4 is 17.9 Å². The van der Waals surface area contributed by atoms with E-state index in [-0.39, 0.29) is 31.1 Å². The van der Waals surface area contributed by atoms with E-state index < -0.39 is 6.10 Å². The molecule has 0 amide bonds. The molecular formula is C49H90O6. The van der Waals surface area contributed by atoms with Crippen molar-refractivity contribution < 1.29 is 28.6 Å². The molecule has 55 heavy (non-hydrogen) atoms. The lowest BCUT2D eigenvalue weighted by molar-refractivity contribution is -0.167. The van der Waals surface area contributed by atoms with E-state index in [1.807, 2.05) is 0 Å². The van der Waals surface area contributed by atoms with Gasteiger partial charge in [-0.2, -0.15) is 0 Å². The van der Waals surface area contributed by atoms with E-state index in [0.29, 0.717) is 19.3 Å². The average molecular weight is 775 g/mol. The van der Waals surface area contributed by atoms with Gasteiger partial charge in [-0.25, -0.2) is 0 Å². The molecule has 0 bridgehead atoms. The fourth-order valence-electron chi connectivity index (χ4n) is 6.82. The van der Waals surface area contributed by atoms with Gasteiger partial charge in [-0.1, -0.05) is 206 Å². The highest BCUT2D eigenvalue weighted by molar-refractivity contribution is 5.71. The molecule has 0 spiro atoms. The van der Waals surface area contributed by atoms with Crippen LogP contribution in [-0.4, -0.2) is 37.2 Å². The molecule has 0 aromatic carbocycles. The third-order valence-corrected chi connectivity index (χ3v) is 10.5. The van der Waals surface area contributed by atoms with Crippen LogP contribution in [0.5, 0.6) is 0 Å². The summed E-state index contributed by atoms with van der Waals surface area (Å²) in [4.78, 5) is 37.6. The second-order valence-corrected chi connectivity index (χ2v) is 16.0. The SMILES string of the molecule is CCCCC/C=C\C/C=C\CCCCCCCCCC(=O)OCC(COC(=O)CCCCCCCC)OC(=O)CCCCCCCCCCCCCCCC. The Kier molecular flexibility index (Phi) is 42.9. The normalized spacial score (nSPS) is 12.1. The second kappa shape index (κ2) is 44.6. The zero-order chi connectivity index (χ0) is 40.1. The summed E-state index contributed by atoms with van der Waals surface area (Å²) in [6.45, 7) is 6.56. The second-order valence-electron chi connectivity index (χ2n) is 16.0. The molecule has 1 atom stereocenters. The van der Waals surface area contributed by atoms with Crippen molar-refractivity contribution in [2.24, 2.45) is 0 Å². The molecule has 322 valence electrons. The Balaban J connectivity index is 4.23. The number of carbonyl (C=O) groups excluding carboxylic acids is 3. The first kappa shape index (κ1) is 52.9. The molecule has 1 unspecified atom stereocenters. The maximum Gasteiger partial charge on any atom is 0.306 e. The molecule has 0 N–H and O–H groups in total. The van der Waals surface area contributed by atoms with E-state index in [2.05, 4.69) is 45.1 Å². The van der Waals surface area contributed by atoms with Gasteiger partial charge in [0, 0.05) is 19.3 Å². The smallest absolute Gasteiger partial charge is 0.306 e. The fraction of sp³-hybridized carbons (Fsp3) is 0.857. The molecule has 0 saturated carbocycles. The predicted octanol–water partition coefficient (Wildman–Crippen LogP) is 15.2. The number of esters is 3. The first-order chi connectivity index (χ1) is 27.0. The Hall–Kier alpha value is -2.11. The maximum atomic E-state index is 12.7. The van der Waals surface area contributed by atoms with Crippen LogP contribution in [0.2, 0.25) is 0 Å². The Bertz CT molecular complexity index is 896. The molecule has 0 aliphatic carbocycles. The van der Waals surface area contributed by atoms with Crippen LogP contribution in [0, 0.1) is 0 Å². The summed E-state index contributed by atoms with van der Waals surface area (Å²) in [6, 6.07) is 0. The van der Waals surface area contributed by atoms with E-state index in [0.717, 1.165) is 70.6 Å². The van der Waals surface area contributed by atoms with Crippen LogP contribution in [0.4, 0.5) is 0 Å². The van der Waals surface area contributed by atoms with E-state index in [1.165, 1.54) is 141 Å². The number of allylic oxidation sites excluding steroid dienone is 4. The third-order valence-electron chi connectivity index (χ3n) is 10.5. The van der Waals surface area contributed by atoms with Gasteiger partial charge in [0.05, 0.1) is 0 Å². The number of ether oxygens (including phenoxy) is 3. The lowest BCUT2D eigenvalue weighted by atomic mass is 10.0. The molecule has 0 radical (unpaired) electrons. The van der Waals surface area contributed by atoms with E-state index in [9.17, 15) is 14.4 Å². The third kappa shape index (κ3) is 42.9. The highest BCUT2D eigenvalue weighted by Gasteiger charge is 2.19. The Morgan fingerprint density at radius 1 is 0.364 bits per heavy atom. The molecule has 0 heterocycles. The van der Waals surface area contributed by atoms with Gasteiger partial charge in [-0.15, -0.1) is 0 Å². The van der Waals surface area contributed by atoms with Crippen molar-refractivity contribution in [2.75, 3.05) is 13.2 Å². The van der Waals surface area contributed by atoms with Gasteiger partial charge >= 0.3 is 17.9 Å². The van der Waals surface area contributed by atoms with Crippen molar-refractivity contribution in [1.82, 2.24) is 0 Å². The first-order valence-corrected chi connectivity index (χ1v) is 23.8. The van der Waals surface area contributed by atoms with Crippen molar-refractivity contribution in [3.8, 4) is 0 Å². The largest absolute Gasteiger partial charge is 0.462 e. The summed E-state index contributed by atoms with van der Waals surface area (Å²) in [5, 5.41) is 0. The summed E-state index contributed by atoms with van der Waals surface area (Å²) in [5.74, 6) is -0.880. The van der Waals surface area contributed by atoms with Crippen LogP contribution < -0.4 is 0 Å². The summed E-state index contributed by atoms with van der Waals surface area (Å²) < 4.78 is 16.7. The molecule has 0 aliphatic heterocycles. The van der Waals surface area contributed by atoms with Gasteiger partial charge in [0.25, 0.3) is 0 Å². The zero-order valence-electron chi connectivity index (χ0n) is 36.7. The topological polar surface area (TPSA) is 78.9 Å². The van der Waals surface area contributed by atoms with Crippen LogP contribution in [-0.2, 0) is 28.6 Å². The lowest BCUT2D eigenvalue weighted by Crippen LogP contribution is -2.30. The molecule has 0 aromatic heterocycles. The van der Waals surface area contributed by atoms with E-state index >= 15 is 0 Å². The van der Waals surface area contributed by atoms with Gasteiger partial charge in [-0.3, -0.25) is 14.4 Å². The minimum absolute atomic E-state index is 0.0710. The van der Waals surface area contributed by atoms with Crippen LogP contribution in [0.25, 0.3) is 0 Å². The van der Waals surface area contributed by atoms with Crippen LogP contribution in [0.15, 0.2) is 24.3 Å². The number of rotatable bonds is 43. The number of hydrogen-bond acceptors (Lipinski definition) is 6. The van der Waals surface area contributed by atoms with Gasteiger partial charge in [0.2, 0.25) is 0 Å². The van der Waals surface area contributed by atoms with Gasteiger partial charge < -0.3 is 14.2 Å². The van der Waals surface area contributed by atoms with Crippen molar-refractivity contribution in [3.05, 3.63) is 24.3 Å². The Morgan fingerprint density at radius 3 is 1.04 bits per heavy atom. The lowest BCUT2D eigenvalue weighted by Gasteiger charge is -2.18. The van der Waals surface area contributed by atoms with Crippen molar-refractivity contribution in [1.29, 1.82) is 0 Å². The summed E-state index contributed by atoms with van der Waals surface area (Å²) in [5.41, 5.74) is 0. The van der Waals surface area contributed by atoms with Gasteiger partial charge in [-0.05, 0) is 51.4 Å². The zero-order valence-corrected chi connectivity index (χ0v) is 36.7. The highest BCUT2D eigenvalue weighted by Crippen LogP contribution is 2.15. The van der Waals surface area contributed by atoms with E-state index in [1.54, 1.807) is 0 Å². The molecular weight excluding hydrogens is 685 g/mol. The standard InChI is InChI=1S/C49H90O6/c1-4-7-10-13-16-18-20-22-24-25-26-28-29-31-33-36-39-42-48(51)54-45-46(44-53-47(50)41-38-35-15-12-9-6-3)55-49(52)43-40-37-34-32-30-27-23-21-19-17-14-11-8-5-2/h16,18,22,24,46H,4-15,17,19-21,23,25-45H2,1-3H3/b18-16-,24-22-. The monoisotopic (exact) mass is 775 g/mol. The minimum Gasteiger partial charge on any atom is -0.462 e. The first-order valence-electron chi connectivity index (χ1n) is 23.8. The number of carbonyl (C=O) groups is 3. The summed E-state index contributed by atoms with van der Waals surface area (Å²) >= 11 is 0. The van der Waals surface area contributed by atoms with Gasteiger partial charge in [0.15, 0.2) is 6.10 Å². The minimum atomic E-state index is -0.765. The maximum absolute atomic E-state index is 12.7. The predicted molar refractivity (Wildman–Crippen MR) is 233 cm³/mol. The number of unbranched alkanes of at least 4 members (excludes halogenated alkanes) is 28. The Labute approximate surface area is 341 Å².